The minimum Gasteiger partial charge on any atom is -0.476 e. The topological polar surface area (TPSA) is 76.4 Å². The molecular formula is C11H15N3O3. The summed E-state index contributed by atoms with van der Waals surface area (Å²) in [5, 5.41) is 12.1. The molecule has 92 valence electrons. The first-order valence-corrected chi connectivity index (χ1v) is 5.93. The average molecular weight is 237 g/mol. The highest BCUT2D eigenvalue weighted by molar-refractivity contribution is 5.85. The summed E-state index contributed by atoms with van der Waals surface area (Å²) < 4.78 is 7.61. The van der Waals surface area contributed by atoms with Gasteiger partial charge in [-0.1, -0.05) is 0 Å². The van der Waals surface area contributed by atoms with Crippen molar-refractivity contribution in [1.29, 1.82) is 0 Å². The molecular weight excluding hydrogens is 222 g/mol. The third kappa shape index (κ3) is 1.78. The fourth-order valence-electron chi connectivity index (χ4n) is 2.62. The molecule has 0 aliphatic carbocycles. The number of imidazole rings is 1. The van der Waals surface area contributed by atoms with E-state index in [4.69, 9.17) is 9.84 Å². The van der Waals surface area contributed by atoms with Gasteiger partial charge in [-0.25, -0.2) is 9.78 Å². The molecule has 0 saturated carbocycles. The summed E-state index contributed by atoms with van der Waals surface area (Å²) in [5.74, 6) is -0.339. The van der Waals surface area contributed by atoms with Crippen molar-refractivity contribution in [3.8, 4) is 0 Å². The second-order valence-electron chi connectivity index (χ2n) is 4.50. The summed E-state index contributed by atoms with van der Waals surface area (Å²) >= 11 is 0. The van der Waals surface area contributed by atoms with Gasteiger partial charge in [-0.05, 0) is 19.3 Å². The lowest BCUT2D eigenvalue weighted by Gasteiger charge is -2.29. The number of fused-ring (bicyclic) bond motifs is 1. The molecule has 6 heteroatoms. The number of aromatic carboxylic acids is 1. The Morgan fingerprint density at radius 2 is 2.47 bits per heavy atom. The number of carboxylic acid groups (broad SMARTS) is 1. The Morgan fingerprint density at radius 1 is 1.59 bits per heavy atom. The van der Waals surface area contributed by atoms with Crippen LogP contribution in [0.15, 0.2) is 6.20 Å². The molecule has 0 amide bonds. The van der Waals surface area contributed by atoms with Gasteiger partial charge < -0.3 is 19.7 Å². The largest absolute Gasteiger partial charge is 0.476 e. The number of ether oxygens (including phenoxy) is 1. The van der Waals surface area contributed by atoms with Crippen LogP contribution in [0.1, 0.15) is 35.8 Å². The van der Waals surface area contributed by atoms with Crippen molar-refractivity contribution >= 4 is 11.9 Å². The Labute approximate surface area is 98.6 Å². The van der Waals surface area contributed by atoms with Gasteiger partial charge in [0.2, 0.25) is 5.95 Å². The summed E-state index contributed by atoms with van der Waals surface area (Å²) in [6.07, 6.45) is 4.89. The molecule has 1 fully saturated rings. The van der Waals surface area contributed by atoms with Crippen LogP contribution in [0.2, 0.25) is 0 Å². The molecule has 0 aromatic carbocycles. The van der Waals surface area contributed by atoms with E-state index in [1.165, 1.54) is 0 Å². The minimum atomic E-state index is -0.986. The summed E-state index contributed by atoms with van der Waals surface area (Å²) in [4.78, 5) is 15.0. The van der Waals surface area contributed by atoms with Crippen LogP contribution in [0, 0.1) is 0 Å². The first-order valence-electron chi connectivity index (χ1n) is 5.93. The molecule has 1 saturated heterocycles. The number of rotatable bonds is 2. The van der Waals surface area contributed by atoms with E-state index in [2.05, 4.69) is 10.3 Å². The third-order valence-corrected chi connectivity index (χ3v) is 3.43. The molecule has 0 bridgehead atoms. The predicted molar refractivity (Wildman–Crippen MR) is 60.3 cm³/mol. The van der Waals surface area contributed by atoms with Crippen LogP contribution in [0.3, 0.4) is 0 Å². The van der Waals surface area contributed by atoms with Crippen molar-refractivity contribution in [2.75, 3.05) is 18.5 Å². The maximum absolute atomic E-state index is 10.9. The highest BCUT2D eigenvalue weighted by atomic mass is 16.5. The second-order valence-corrected chi connectivity index (χ2v) is 4.50. The van der Waals surface area contributed by atoms with Crippen LogP contribution < -0.4 is 5.32 Å². The molecule has 0 spiro atoms. The van der Waals surface area contributed by atoms with E-state index in [0.29, 0.717) is 5.95 Å². The molecule has 2 unspecified atom stereocenters. The molecule has 2 N–H and O–H groups in total. The number of aromatic nitrogens is 2. The van der Waals surface area contributed by atoms with Gasteiger partial charge in [-0.2, -0.15) is 0 Å². The van der Waals surface area contributed by atoms with Crippen LogP contribution in [0.4, 0.5) is 5.95 Å². The Morgan fingerprint density at radius 3 is 3.18 bits per heavy atom. The van der Waals surface area contributed by atoms with Crippen LogP contribution in [0.5, 0.6) is 0 Å². The summed E-state index contributed by atoms with van der Waals surface area (Å²) in [7, 11) is 0. The lowest BCUT2D eigenvalue weighted by Crippen LogP contribution is -2.30. The monoisotopic (exact) mass is 237 g/mol. The van der Waals surface area contributed by atoms with E-state index in [0.717, 1.165) is 32.4 Å². The van der Waals surface area contributed by atoms with Crippen molar-refractivity contribution in [2.45, 2.75) is 31.4 Å². The quantitative estimate of drug-likeness (QED) is 0.806. The molecule has 6 nitrogen and oxygen atoms in total. The third-order valence-electron chi connectivity index (χ3n) is 3.43. The molecule has 2 aliphatic rings. The smallest absolute Gasteiger partial charge is 0.356 e. The lowest BCUT2D eigenvalue weighted by molar-refractivity contribution is 0.0631. The molecule has 0 radical (unpaired) electrons. The van der Waals surface area contributed by atoms with Gasteiger partial charge in [0.25, 0.3) is 0 Å². The van der Waals surface area contributed by atoms with E-state index >= 15 is 0 Å². The van der Waals surface area contributed by atoms with E-state index in [1.807, 2.05) is 4.57 Å². The van der Waals surface area contributed by atoms with E-state index in [1.54, 1.807) is 6.20 Å². The van der Waals surface area contributed by atoms with Crippen LogP contribution in [-0.2, 0) is 4.74 Å². The maximum atomic E-state index is 10.9. The Bertz CT molecular complexity index is 437. The van der Waals surface area contributed by atoms with Crippen LogP contribution in [-0.4, -0.2) is 39.9 Å². The van der Waals surface area contributed by atoms with Gasteiger partial charge in [0, 0.05) is 19.3 Å². The Hall–Kier alpha value is -1.56. The Balaban J connectivity index is 1.92. The molecule has 3 heterocycles. The Kier molecular flexibility index (Phi) is 2.51. The van der Waals surface area contributed by atoms with Crippen LogP contribution >= 0.6 is 0 Å². The fraction of sp³-hybridized carbons (Fsp3) is 0.636. The van der Waals surface area contributed by atoms with Gasteiger partial charge >= 0.3 is 5.97 Å². The number of carbonyl (C=O) groups is 1. The van der Waals surface area contributed by atoms with Gasteiger partial charge in [0.1, 0.15) is 0 Å². The van der Waals surface area contributed by atoms with Gasteiger partial charge in [0.15, 0.2) is 5.69 Å². The molecule has 1 aromatic heterocycles. The van der Waals surface area contributed by atoms with Crippen molar-refractivity contribution < 1.29 is 14.6 Å². The molecule has 17 heavy (non-hydrogen) atoms. The van der Waals surface area contributed by atoms with Crippen molar-refractivity contribution in [1.82, 2.24) is 9.55 Å². The fourth-order valence-corrected chi connectivity index (χ4v) is 2.62. The number of anilines is 1. The first-order chi connectivity index (χ1) is 8.25. The number of hydrogen-bond donors (Lipinski definition) is 2. The highest BCUT2D eigenvalue weighted by Crippen LogP contribution is 2.32. The minimum absolute atomic E-state index is 0.0948. The normalized spacial score (nSPS) is 27.5. The summed E-state index contributed by atoms with van der Waals surface area (Å²) in [6, 6.07) is 0.217. The molecule has 2 atom stereocenters. The van der Waals surface area contributed by atoms with E-state index < -0.39 is 5.97 Å². The van der Waals surface area contributed by atoms with Crippen molar-refractivity contribution in [2.24, 2.45) is 0 Å². The van der Waals surface area contributed by atoms with Crippen LogP contribution in [0.25, 0.3) is 0 Å². The first kappa shape index (κ1) is 10.6. The number of hydrogen-bond acceptors (Lipinski definition) is 4. The second kappa shape index (κ2) is 4.03. The zero-order valence-corrected chi connectivity index (χ0v) is 9.43. The van der Waals surface area contributed by atoms with E-state index in [-0.39, 0.29) is 17.8 Å². The predicted octanol–water partition coefficient (Wildman–Crippen LogP) is 1.12. The highest BCUT2D eigenvalue weighted by Gasteiger charge is 2.32. The average Bonchev–Trinajstić information content (AvgIpc) is 2.97. The van der Waals surface area contributed by atoms with Gasteiger partial charge in [0.05, 0.1) is 12.1 Å². The van der Waals surface area contributed by atoms with Crippen molar-refractivity contribution in [3.05, 3.63) is 11.9 Å². The number of nitrogens with one attached hydrogen (secondary N) is 1. The summed E-state index contributed by atoms with van der Waals surface area (Å²) in [6.45, 7) is 1.63. The molecule has 1 aromatic rings. The molecule has 3 rings (SSSR count). The number of nitrogens with zero attached hydrogens (tertiary/aromatic N) is 2. The van der Waals surface area contributed by atoms with E-state index in [9.17, 15) is 4.79 Å². The zero-order valence-electron chi connectivity index (χ0n) is 9.43. The lowest BCUT2D eigenvalue weighted by atomic mass is 10.0. The summed E-state index contributed by atoms with van der Waals surface area (Å²) in [5.41, 5.74) is 0.0948. The SMILES string of the molecule is O=C(O)c1cn2c(n1)NCCC2C1CCCO1. The van der Waals surface area contributed by atoms with Gasteiger partial charge in [-0.3, -0.25) is 0 Å². The maximum Gasteiger partial charge on any atom is 0.356 e. The molecule has 2 aliphatic heterocycles. The van der Waals surface area contributed by atoms with Gasteiger partial charge in [-0.15, -0.1) is 0 Å². The number of carboxylic acids is 1. The van der Waals surface area contributed by atoms with Crippen molar-refractivity contribution in [3.63, 3.8) is 0 Å². The zero-order chi connectivity index (χ0) is 11.8. The standard InChI is InChI=1S/C11H15N3O3/c15-10(16)7-6-14-8(9-2-1-5-17-9)3-4-12-11(14)13-7/h6,8-9H,1-5H2,(H,12,13)(H,15,16).